The van der Waals surface area contributed by atoms with Gasteiger partial charge in [0.15, 0.2) is 0 Å². The summed E-state index contributed by atoms with van der Waals surface area (Å²) in [6, 6.07) is 8.81. The number of hydrogen-bond acceptors (Lipinski definition) is 3. The van der Waals surface area contributed by atoms with Crippen molar-refractivity contribution in [1.29, 1.82) is 0 Å². The average molecular weight is 250 g/mol. The number of nitrogens with one attached hydrogen (secondary N) is 1. The molecule has 0 aliphatic heterocycles. The van der Waals surface area contributed by atoms with Crippen LogP contribution >= 0.6 is 0 Å². The molecule has 0 unspecified atom stereocenters. The summed E-state index contributed by atoms with van der Waals surface area (Å²) in [6.07, 6.45) is 1.12. The van der Waals surface area contributed by atoms with E-state index in [0.717, 1.165) is 39.2 Å². The standard InChI is InChI=1S/C15H26N2O/c1-14-4-6-15(7-5-14)8-11-17(2)12-9-16-10-13-18-3/h4-7,16H,8-13H2,1-3H3. The highest BCUT2D eigenvalue weighted by atomic mass is 16.5. The van der Waals surface area contributed by atoms with E-state index in [1.807, 2.05) is 0 Å². The summed E-state index contributed by atoms with van der Waals surface area (Å²) in [4.78, 5) is 2.36. The molecule has 1 rings (SSSR count). The maximum Gasteiger partial charge on any atom is 0.0587 e. The molecule has 0 aliphatic rings. The highest BCUT2D eigenvalue weighted by Gasteiger charge is 1.99. The lowest BCUT2D eigenvalue weighted by Crippen LogP contribution is -2.32. The lowest BCUT2D eigenvalue weighted by atomic mass is 10.1. The fourth-order valence-corrected chi connectivity index (χ4v) is 1.76. The van der Waals surface area contributed by atoms with Gasteiger partial charge in [-0.3, -0.25) is 0 Å². The summed E-state index contributed by atoms with van der Waals surface area (Å²) in [5, 5.41) is 3.36. The first-order valence-corrected chi connectivity index (χ1v) is 6.66. The molecule has 0 amide bonds. The molecule has 0 aromatic heterocycles. The molecule has 3 heteroatoms. The summed E-state index contributed by atoms with van der Waals surface area (Å²) in [7, 11) is 3.90. The molecule has 0 radical (unpaired) electrons. The number of aryl methyl sites for hydroxylation is 1. The van der Waals surface area contributed by atoms with Gasteiger partial charge in [-0.05, 0) is 26.0 Å². The summed E-state index contributed by atoms with van der Waals surface area (Å²) in [6.45, 7) is 7.05. The number of ether oxygens (including phenoxy) is 1. The van der Waals surface area contributed by atoms with Crippen molar-refractivity contribution < 1.29 is 4.74 Å². The van der Waals surface area contributed by atoms with E-state index in [1.165, 1.54) is 11.1 Å². The Labute approximate surface area is 111 Å². The smallest absolute Gasteiger partial charge is 0.0587 e. The van der Waals surface area contributed by atoms with E-state index in [1.54, 1.807) is 7.11 Å². The van der Waals surface area contributed by atoms with E-state index in [2.05, 4.69) is 48.5 Å². The van der Waals surface area contributed by atoms with Crippen LogP contribution in [0.3, 0.4) is 0 Å². The molecule has 0 saturated carbocycles. The highest BCUT2D eigenvalue weighted by Crippen LogP contribution is 2.04. The third-order valence-corrected chi connectivity index (χ3v) is 3.06. The van der Waals surface area contributed by atoms with E-state index in [0.29, 0.717) is 0 Å². The van der Waals surface area contributed by atoms with Gasteiger partial charge in [-0.15, -0.1) is 0 Å². The van der Waals surface area contributed by atoms with Crippen molar-refractivity contribution in [2.75, 3.05) is 46.9 Å². The zero-order valence-corrected chi connectivity index (χ0v) is 11.9. The van der Waals surface area contributed by atoms with Crippen molar-refractivity contribution in [1.82, 2.24) is 10.2 Å². The van der Waals surface area contributed by atoms with E-state index >= 15 is 0 Å². The second kappa shape index (κ2) is 9.09. The number of nitrogens with zero attached hydrogens (tertiary/aromatic N) is 1. The fourth-order valence-electron chi connectivity index (χ4n) is 1.76. The molecule has 0 atom stereocenters. The van der Waals surface area contributed by atoms with Crippen LogP contribution in [0.5, 0.6) is 0 Å². The zero-order valence-electron chi connectivity index (χ0n) is 11.9. The predicted molar refractivity (Wildman–Crippen MR) is 77.1 cm³/mol. The lowest BCUT2D eigenvalue weighted by Gasteiger charge is -2.16. The summed E-state index contributed by atoms with van der Waals surface area (Å²) in [5.74, 6) is 0. The SMILES string of the molecule is COCCNCCN(C)CCc1ccc(C)cc1. The van der Waals surface area contributed by atoms with E-state index in [4.69, 9.17) is 4.74 Å². The van der Waals surface area contributed by atoms with Gasteiger partial charge in [0.25, 0.3) is 0 Å². The van der Waals surface area contributed by atoms with Gasteiger partial charge in [0, 0.05) is 33.3 Å². The molecule has 0 bridgehead atoms. The van der Waals surface area contributed by atoms with Gasteiger partial charge in [-0.2, -0.15) is 0 Å². The maximum absolute atomic E-state index is 4.99. The van der Waals surface area contributed by atoms with Crippen LogP contribution in [-0.2, 0) is 11.2 Å². The molecule has 102 valence electrons. The van der Waals surface area contributed by atoms with Crippen LogP contribution in [-0.4, -0.2) is 51.8 Å². The second-order valence-electron chi connectivity index (χ2n) is 4.78. The lowest BCUT2D eigenvalue weighted by molar-refractivity contribution is 0.198. The molecule has 0 fully saturated rings. The Bertz CT molecular complexity index is 311. The Hall–Kier alpha value is -0.900. The minimum Gasteiger partial charge on any atom is -0.383 e. The summed E-state index contributed by atoms with van der Waals surface area (Å²) >= 11 is 0. The molecule has 1 aromatic carbocycles. The van der Waals surface area contributed by atoms with Crippen LogP contribution in [0.15, 0.2) is 24.3 Å². The number of benzene rings is 1. The van der Waals surface area contributed by atoms with Crippen molar-refractivity contribution in [2.24, 2.45) is 0 Å². The van der Waals surface area contributed by atoms with Gasteiger partial charge < -0.3 is 15.0 Å². The molecular weight excluding hydrogens is 224 g/mol. The minimum absolute atomic E-state index is 0.785. The van der Waals surface area contributed by atoms with E-state index in [-0.39, 0.29) is 0 Å². The van der Waals surface area contributed by atoms with Crippen molar-refractivity contribution in [3.8, 4) is 0 Å². The second-order valence-corrected chi connectivity index (χ2v) is 4.78. The summed E-state index contributed by atoms with van der Waals surface area (Å²) in [5.41, 5.74) is 2.74. The summed E-state index contributed by atoms with van der Waals surface area (Å²) < 4.78 is 4.99. The largest absolute Gasteiger partial charge is 0.383 e. The van der Waals surface area contributed by atoms with Gasteiger partial charge in [-0.1, -0.05) is 29.8 Å². The first-order valence-electron chi connectivity index (χ1n) is 6.66. The van der Waals surface area contributed by atoms with Crippen molar-refractivity contribution in [2.45, 2.75) is 13.3 Å². The number of likely N-dealkylation sites (N-methyl/N-ethyl adjacent to an activating group) is 1. The Morgan fingerprint density at radius 3 is 2.50 bits per heavy atom. The number of rotatable bonds is 9. The Kier molecular flexibility index (Phi) is 7.65. The predicted octanol–water partition coefficient (Wildman–Crippen LogP) is 1.71. The fraction of sp³-hybridized carbons (Fsp3) is 0.600. The number of methoxy groups -OCH3 is 1. The quantitative estimate of drug-likeness (QED) is 0.675. The molecule has 0 spiro atoms. The Morgan fingerprint density at radius 1 is 1.11 bits per heavy atom. The highest BCUT2D eigenvalue weighted by molar-refractivity contribution is 5.21. The topological polar surface area (TPSA) is 24.5 Å². The molecular formula is C15H26N2O. The molecule has 0 aliphatic carbocycles. The van der Waals surface area contributed by atoms with Gasteiger partial charge in [0.2, 0.25) is 0 Å². The third-order valence-electron chi connectivity index (χ3n) is 3.06. The van der Waals surface area contributed by atoms with Crippen LogP contribution in [0, 0.1) is 6.92 Å². The molecule has 1 aromatic rings. The van der Waals surface area contributed by atoms with Gasteiger partial charge in [-0.25, -0.2) is 0 Å². The Morgan fingerprint density at radius 2 is 1.83 bits per heavy atom. The Balaban J connectivity index is 2.09. The molecule has 3 nitrogen and oxygen atoms in total. The van der Waals surface area contributed by atoms with Gasteiger partial charge in [0.1, 0.15) is 0 Å². The maximum atomic E-state index is 4.99. The number of hydrogen-bond donors (Lipinski definition) is 1. The van der Waals surface area contributed by atoms with Crippen molar-refractivity contribution in [3.63, 3.8) is 0 Å². The van der Waals surface area contributed by atoms with Gasteiger partial charge in [0.05, 0.1) is 6.61 Å². The third kappa shape index (κ3) is 6.74. The van der Waals surface area contributed by atoms with Crippen molar-refractivity contribution >= 4 is 0 Å². The van der Waals surface area contributed by atoms with Crippen LogP contribution < -0.4 is 5.32 Å². The average Bonchev–Trinajstić information content (AvgIpc) is 2.38. The molecule has 18 heavy (non-hydrogen) atoms. The monoisotopic (exact) mass is 250 g/mol. The van der Waals surface area contributed by atoms with E-state index in [9.17, 15) is 0 Å². The first-order chi connectivity index (χ1) is 8.72. The van der Waals surface area contributed by atoms with Crippen LogP contribution in [0.2, 0.25) is 0 Å². The van der Waals surface area contributed by atoms with Crippen LogP contribution in [0.4, 0.5) is 0 Å². The first kappa shape index (κ1) is 15.2. The molecule has 0 saturated heterocycles. The van der Waals surface area contributed by atoms with Crippen molar-refractivity contribution in [3.05, 3.63) is 35.4 Å². The molecule has 0 heterocycles. The van der Waals surface area contributed by atoms with Crippen LogP contribution in [0.1, 0.15) is 11.1 Å². The van der Waals surface area contributed by atoms with Gasteiger partial charge >= 0.3 is 0 Å². The van der Waals surface area contributed by atoms with E-state index < -0.39 is 0 Å². The van der Waals surface area contributed by atoms with Crippen LogP contribution in [0.25, 0.3) is 0 Å². The molecule has 1 N–H and O–H groups in total. The zero-order chi connectivity index (χ0) is 13.2. The normalized spacial score (nSPS) is 11.1. The minimum atomic E-state index is 0.785.